The zero-order valence-corrected chi connectivity index (χ0v) is 8.85. The summed E-state index contributed by atoms with van der Waals surface area (Å²) in [4.78, 5) is 4.39. The summed E-state index contributed by atoms with van der Waals surface area (Å²) in [5.41, 5.74) is 8.74. The van der Waals surface area contributed by atoms with Crippen LogP contribution in [0.4, 0.5) is 5.69 Å². The Labute approximate surface area is 88.9 Å². The van der Waals surface area contributed by atoms with Crippen molar-refractivity contribution in [1.82, 2.24) is 9.55 Å². The van der Waals surface area contributed by atoms with Crippen molar-refractivity contribution in [2.45, 2.75) is 25.8 Å². The fourth-order valence-electron chi connectivity index (χ4n) is 2.32. The molecule has 0 radical (unpaired) electrons. The van der Waals surface area contributed by atoms with Crippen molar-refractivity contribution in [3.05, 3.63) is 24.5 Å². The van der Waals surface area contributed by atoms with Gasteiger partial charge < -0.3 is 10.3 Å². The van der Waals surface area contributed by atoms with E-state index in [0.29, 0.717) is 6.04 Å². The summed E-state index contributed by atoms with van der Waals surface area (Å²) in [6.45, 7) is 2.25. The lowest BCUT2D eigenvalue weighted by Crippen LogP contribution is -1.94. The van der Waals surface area contributed by atoms with Gasteiger partial charge in [-0.25, -0.2) is 4.98 Å². The third-order valence-electron chi connectivity index (χ3n) is 3.37. The molecule has 3 nitrogen and oxygen atoms in total. The number of fused-ring (bicyclic) bond motifs is 1. The quantitative estimate of drug-likeness (QED) is 0.759. The number of benzene rings is 1. The summed E-state index contributed by atoms with van der Waals surface area (Å²) in [5.74, 6) is 0.847. The molecule has 1 heterocycles. The monoisotopic (exact) mass is 201 g/mol. The van der Waals surface area contributed by atoms with Crippen LogP contribution in [-0.2, 0) is 0 Å². The summed E-state index contributed by atoms with van der Waals surface area (Å²) in [5, 5.41) is 0. The molecule has 78 valence electrons. The summed E-state index contributed by atoms with van der Waals surface area (Å²) in [6.07, 6.45) is 4.51. The molecule has 2 aromatic rings. The van der Waals surface area contributed by atoms with Crippen LogP contribution in [0.25, 0.3) is 11.0 Å². The summed E-state index contributed by atoms with van der Waals surface area (Å²) in [6, 6.07) is 6.63. The molecule has 2 atom stereocenters. The maximum atomic E-state index is 5.73. The smallest absolute Gasteiger partial charge is 0.0961 e. The molecule has 1 aromatic carbocycles. The Hall–Kier alpha value is -1.51. The molecule has 0 saturated heterocycles. The van der Waals surface area contributed by atoms with Gasteiger partial charge >= 0.3 is 0 Å². The molecule has 0 spiro atoms. The van der Waals surface area contributed by atoms with Gasteiger partial charge in [-0.1, -0.05) is 13.3 Å². The van der Waals surface area contributed by atoms with Crippen molar-refractivity contribution in [3.63, 3.8) is 0 Å². The van der Waals surface area contributed by atoms with E-state index < -0.39 is 0 Å². The third-order valence-corrected chi connectivity index (χ3v) is 3.37. The Bertz CT molecular complexity index is 501. The van der Waals surface area contributed by atoms with E-state index in [0.717, 1.165) is 17.1 Å². The van der Waals surface area contributed by atoms with Crippen molar-refractivity contribution in [2.75, 3.05) is 5.73 Å². The summed E-state index contributed by atoms with van der Waals surface area (Å²) >= 11 is 0. The summed E-state index contributed by atoms with van der Waals surface area (Å²) in [7, 11) is 0. The first-order valence-corrected chi connectivity index (χ1v) is 5.51. The molecule has 3 heteroatoms. The molecular formula is C12H15N3. The minimum atomic E-state index is 0.670. The fourth-order valence-corrected chi connectivity index (χ4v) is 2.32. The first-order valence-electron chi connectivity index (χ1n) is 5.51. The van der Waals surface area contributed by atoms with E-state index in [1.165, 1.54) is 18.4 Å². The zero-order chi connectivity index (χ0) is 10.4. The Morgan fingerprint density at radius 1 is 1.53 bits per heavy atom. The Morgan fingerprint density at radius 2 is 2.40 bits per heavy atom. The van der Waals surface area contributed by atoms with Crippen molar-refractivity contribution in [3.8, 4) is 0 Å². The maximum absolute atomic E-state index is 5.73. The van der Waals surface area contributed by atoms with E-state index >= 15 is 0 Å². The number of aromatic nitrogens is 2. The normalized spacial score (nSPS) is 24.6. The van der Waals surface area contributed by atoms with Gasteiger partial charge in [-0.15, -0.1) is 0 Å². The van der Waals surface area contributed by atoms with Crippen LogP contribution in [0.3, 0.4) is 0 Å². The van der Waals surface area contributed by atoms with E-state index in [4.69, 9.17) is 5.73 Å². The van der Waals surface area contributed by atoms with E-state index in [1.807, 2.05) is 18.5 Å². The van der Waals surface area contributed by atoms with Gasteiger partial charge in [0.2, 0.25) is 0 Å². The van der Waals surface area contributed by atoms with Gasteiger partial charge in [0, 0.05) is 11.7 Å². The Morgan fingerprint density at radius 3 is 3.13 bits per heavy atom. The van der Waals surface area contributed by atoms with Crippen LogP contribution in [0.2, 0.25) is 0 Å². The second kappa shape index (κ2) is 2.99. The predicted octanol–water partition coefficient (Wildman–Crippen LogP) is 2.59. The van der Waals surface area contributed by atoms with Crippen molar-refractivity contribution in [1.29, 1.82) is 0 Å². The Balaban J connectivity index is 2.06. The molecule has 2 N–H and O–H groups in total. The number of hydrogen-bond acceptors (Lipinski definition) is 2. The van der Waals surface area contributed by atoms with Crippen LogP contribution < -0.4 is 5.73 Å². The molecule has 1 saturated carbocycles. The molecule has 1 aromatic heterocycles. The van der Waals surface area contributed by atoms with Crippen LogP contribution in [0, 0.1) is 5.92 Å². The van der Waals surface area contributed by atoms with Gasteiger partial charge in [-0.05, 0) is 30.5 Å². The highest BCUT2D eigenvalue weighted by atomic mass is 15.1. The molecule has 1 fully saturated rings. The lowest BCUT2D eigenvalue weighted by Gasteiger charge is -2.02. The van der Waals surface area contributed by atoms with Crippen LogP contribution in [0.5, 0.6) is 0 Å². The van der Waals surface area contributed by atoms with Crippen molar-refractivity contribution in [2.24, 2.45) is 5.92 Å². The van der Waals surface area contributed by atoms with Gasteiger partial charge in [0.1, 0.15) is 0 Å². The number of anilines is 1. The third kappa shape index (κ3) is 1.30. The SMILES string of the molecule is CCC1CC1n1cnc2cc(N)ccc21. The largest absolute Gasteiger partial charge is 0.399 e. The number of hydrogen-bond donors (Lipinski definition) is 1. The van der Waals surface area contributed by atoms with E-state index in [2.05, 4.69) is 22.5 Å². The van der Waals surface area contributed by atoms with E-state index in [1.54, 1.807) is 0 Å². The molecule has 0 bridgehead atoms. The number of nitrogens with two attached hydrogens (primary N) is 1. The van der Waals surface area contributed by atoms with Crippen LogP contribution >= 0.6 is 0 Å². The van der Waals surface area contributed by atoms with Crippen LogP contribution in [-0.4, -0.2) is 9.55 Å². The lowest BCUT2D eigenvalue weighted by molar-refractivity contribution is 0.654. The number of nitrogens with zero attached hydrogens (tertiary/aromatic N) is 2. The standard InChI is InChI=1S/C12H15N3/c1-2-8-5-12(8)15-7-14-10-6-9(13)3-4-11(10)15/h3-4,6-8,12H,2,5,13H2,1H3. The van der Waals surface area contributed by atoms with Gasteiger partial charge in [0.05, 0.1) is 17.4 Å². The first-order chi connectivity index (χ1) is 7.29. The van der Waals surface area contributed by atoms with Gasteiger partial charge in [0.25, 0.3) is 0 Å². The molecule has 0 amide bonds. The Kier molecular flexibility index (Phi) is 1.75. The van der Waals surface area contributed by atoms with Gasteiger partial charge in [0.15, 0.2) is 0 Å². The summed E-state index contributed by atoms with van der Waals surface area (Å²) < 4.78 is 2.29. The van der Waals surface area contributed by atoms with Crippen LogP contribution in [0.15, 0.2) is 24.5 Å². The average molecular weight is 201 g/mol. The minimum Gasteiger partial charge on any atom is -0.399 e. The average Bonchev–Trinajstić information content (AvgIpc) is 2.91. The van der Waals surface area contributed by atoms with E-state index in [9.17, 15) is 0 Å². The lowest BCUT2D eigenvalue weighted by atomic mass is 10.2. The highest BCUT2D eigenvalue weighted by Gasteiger charge is 2.37. The highest BCUT2D eigenvalue weighted by Crippen LogP contribution is 2.46. The number of rotatable bonds is 2. The fraction of sp³-hybridized carbons (Fsp3) is 0.417. The maximum Gasteiger partial charge on any atom is 0.0961 e. The highest BCUT2D eigenvalue weighted by molar-refractivity contribution is 5.79. The number of imidazole rings is 1. The van der Waals surface area contributed by atoms with Crippen molar-refractivity contribution >= 4 is 16.7 Å². The van der Waals surface area contributed by atoms with Gasteiger partial charge in [-0.2, -0.15) is 0 Å². The second-order valence-electron chi connectivity index (χ2n) is 4.37. The molecule has 3 rings (SSSR count). The molecule has 15 heavy (non-hydrogen) atoms. The molecule has 1 aliphatic rings. The van der Waals surface area contributed by atoms with E-state index in [-0.39, 0.29) is 0 Å². The predicted molar refractivity (Wildman–Crippen MR) is 61.6 cm³/mol. The van der Waals surface area contributed by atoms with Gasteiger partial charge in [-0.3, -0.25) is 0 Å². The first kappa shape index (κ1) is 8.77. The van der Waals surface area contributed by atoms with Crippen molar-refractivity contribution < 1.29 is 0 Å². The minimum absolute atomic E-state index is 0.670. The second-order valence-corrected chi connectivity index (χ2v) is 4.37. The molecule has 1 aliphatic carbocycles. The van der Waals surface area contributed by atoms with Crippen LogP contribution in [0.1, 0.15) is 25.8 Å². The zero-order valence-electron chi connectivity index (χ0n) is 8.85. The molecule has 0 aliphatic heterocycles. The molecular weight excluding hydrogens is 186 g/mol. The molecule has 2 unspecified atom stereocenters. The number of nitrogen functional groups attached to an aromatic ring is 1. The topological polar surface area (TPSA) is 43.8 Å².